The van der Waals surface area contributed by atoms with Crippen LogP contribution in [0.25, 0.3) is 0 Å². The average molecular weight is 469 g/mol. The molecule has 2 aromatic rings. The highest BCUT2D eigenvalue weighted by atomic mass is 32.2. The maximum absolute atomic E-state index is 12.8. The first-order chi connectivity index (χ1) is 16.1. The number of piperidine rings is 1. The molecular weight excluding hydrogens is 440 g/mol. The Morgan fingerprint density at radius 2 is 2.06 bits per heavy atom. The summed E-state index contributed by atoms with van der Waals surface area (Å²) in [6.07, 6.45) is 5.95. The van der Waals surface area contributed by atoms with Crippen molar-refractivity contribution >= 4 is 34.4 Å². The summed E-state index contributed by atoms with van der Waals surface area (Å²) < 4.78 is 24.6. The van der Waals surface area contributed by atoms with Gasteiger partial charge >= 0.3 is 0 Å². The minimum atomic E-state index is -1.56. The van der Waals surface area contributed by atoms with Gasteiger partial charge in [0.05, 0.1) is 17.9 Å². The Balaban J connectivity index is 1.25. The number of hydrogen-bond acceptors (Lipinski definition) is 6. The minimum Gasteiger partial charge on any atom is -0.492 e. The first-order valence-electron chi connectivity index (χ1n) is 11.4. The molecule has 4 heterocycles. The third-order valence-corrected chi connectivity index (χ3v) is 7.12. The van der Waals surface area contributed by atoms with Crippen LogP contribution in [0.3, 0.4) is 0 Å². The first-order valence-corrected chi connectivity index (χ1v) is 12.5. The lowest BCUT2D eigenvalue weighted by Gasteiger charge is -2.34. The summed E-state index contributed by atoms with van der Waals surface area (Å²) in [5.41, 5.74) is 8.03. The quantitative estimate of drug-likeness (QED) is 0.696. The van der Waals surface area contributed by atoms with Crippen molar-refractivity contribution in [2.24, 2.45) is 16.0 Å². The number of benzene rings is 1. The Morgan fingerprint density at radius 3 is 2.91 bits per heavy atom. The van der Waals surface area contributed by atoms with Crippen LogP contribution in [0.4, 0.5) is 11.5 Å². The molecular formula is C23H28N6O3S. The second kappa shape index (κ2) is 9.38. The Bertz CT molecular complexity index is 1100. The third kappa shape index (κ3) is 4.66. The monoisotopic (exact) mass is 468 g/mol. The number of nitrogens with two attached hydrogens (primary N) is 1. The average Bonchev–Trinajstić information content (AvgIpc) is 3.37. The summed E-state index contributed by atoms with van der Waals surface area (Å²) >= 11 is -1.56. The molecule has 3 N–H and O–H groups in total. The minimum absolute atomic E-state index is 0.0932. The molecule has 0 saturated carbocycles. The van der Waals surface area contributed by atoms with E-state index < -0.39 is 11.2 Å². The number of carbonyl (C=O) groups excluding carboxylic acids is 1. The molecule has 9 nitrogen and oxygen atoms in total. The van der Waals surface area contributed by atoms with E-state index in [1.54, 1.807) is 12.3 Å². The zero-order chi connectivity index (χ0) is 22.8. The molecule has 0 bridgehead atoms. The van der Waals surface area contributed by atoms with Gasteiger partial charge < -0.3 is 20.3 Å². The molecule has 1 aromatic carbocycles. The van der Waals surface area contributed by atoms with Crippen molar-refractivity contribution in [2.45, 2.75) is 25.7 Å². The molecule has 2 atom stereocenters. The van der Waals surface area contributed by atoms with Gasteiger partial charge in [-0.3, -0.25) is 9.52 Å². The van der Waals surface area contributed by atoms with Crippen molar-refractivity contribution in [3.05, 3.63) is 47.7 Å². The van der Waals surface area contributed by atoms with Gasteiger partial charge in [-0.15, -0.1) is 0 Å². The van der Waals surface area contributed by atoms with Crippen LogP contribution >= 0.6 is 0 Å². The van der Waals surface area contributed by atoms with Gasteiger partial charge in [0.15, 0.2) is 0 Å². The van der Waals surface area contributed by atoms with Gasteiger partial charge in [-0.2, -0.15) is 4.40 Å². The number of anilines is 2. The summed E-state index contributed by atoms with van der Waals surface area (Å²) in [5.74, 6) is 2.08. The van der Waals surface area contributed by atoms with Crippen molar-refractivity contribution in [1.29, 1.82) is 0 Å². The highest BCUT2D eigenvalue weighted by Gasteiger charge is 2.25. The predicted octanol–water partition coefficient (Wildman–Crippen LogP) is 2.32. The van der Waals surface area contributed by atoms with Gasteiger partial charge in [0.1, 0.15) is 17.4 Å². The smallest absolute Gasteiger partial charge is 0.254 e. The molecule has 0 aliphatic carbocycles. The van der Waals surface area contributed by atoms with Gasteiger partial charge in [0.25, 0.3) is 5.91 Å². The molecule has 2 unspecified atom stereocenters. The van der Waals surface area contributed by atoms with Crippen LogP contribution in [-0.2, 0) is 11.2 Å². The van der Waals surface area contributed by atoms with Crippen molar-refractivity contribution in [3.63, 3.8) is 0 Å². The normalized spacial score (nSPS) is 22.4. The van der Waals surface area contributed by atoms with Crippen LogP contribution in [0.15, 0.2) is 40.9 Å². The number of carbonyl (C=O) groups is 1. The topological polar surface area (TPSA) is 113 Å². The summed E-state index contributed by atoms with van der Waals surface area (Å²) in [5, 5.41) is 0. The Kier molecular flexibility index (Phi) is 6.17. The predicted molar refractivity (Wildman–Crippen MR) is 129 cm³/mol. The van der Waals surface area contributed by atoms with E-state index in [0.29, 0.717) is 35.1 Å². The fraction of sp³-hybridized carbons (Fsp3) is 0.435. The molecule has 10 heteroatoms. The SMILES string of the molecule is NC1=NS(=O)Nc2cccc(OCC3CCCN(c4cc(C(=O)N5CCCC5)ccn4)C3)c21. The summed E-state index contributed by atoms with van der Waals surface area (Å²) in [4.78, 5) is 21.5. The molecule has 0 radical (unpaired) electrons. The van der Waals surface area contributed by atoms with E-state index in [0.717, 1.165) is 57.7 Å². The number of ether oxygens (including phenoxy) is 1. The number of pyridine rings is 1. The van der Waals surface area contributed by atoms with Gasteiger partial charge in [-0.25, -0.2) is 9.19 Å². The second-order valence-electron chi connectivity index (χ2n) is 8.67. The molecule has 3 aliphatic heterocycles. The molecule has 33 heavy (non-hydrogen) atoms. The van der Waals surface area contributed by atoms with E-state index in [4.69, 9.17) is 10.5 Å². The van der Waals surface area contributed by atoms with Crippen LogP contribution < -0.4 is 20.1 Å². The Morgan fingerprint density at radius 1 is 1.21 bits per heavy atom. The maximum atomic E-state index is 12.8. The molecule has 174 valence electrons. The lowest BCUT2D eigenvalue weighted by molar-refractivity contribution is 0.0792. The van der Waals surface area contributed by atoms with E-state index in [-0.39, 0.29) is 11.7 Å². The summed E-state index contributed by atoms with van der Waals surface area (Å²) in [6.45, 7) is 3.90. The molecule has 3 aliphatic rings. The van der Waals surface area contributed by atoms with Crippen LogP contribution in [0.2, 0.25) is 0 Å². The fourth-order valence-corrected chi connectivity index (χ4v) is 5.37. The standard InChI is InChI=1S/C23H28N6O3S/c24-22-21-18(26-33(31)27-22)6-3-7-19(21)32-15-16-5-4-12-29(14-16)20-13-17(8-9-25-20)23(30)28-10-1-2-11-28/h3,6-9,13,16,26H,1-2,4-5,10-12,14-15H2,(H2,24,27). The number of nitrogens with one attached hydrogen (secondary N) is 1. The van der Waals surface area contributed by atoms with E-state index in [9.17, 15) is 9.00 Å². The molecule has 0 spiro atoms. The largest absolute Gasteiger partial charge is 0.492 e. The fourth-order valence-electron chi connectivity index (χ4n) is 4.70. The van der Waals surface area contributed by atoms with Crippen molar-refractivity contribution in [2.75, 3.05) is 42.4 Å². The third-order valence-electron chi connectivity index (χ3n) is 6.36. The molecule has 5 rings (SSSR count). The van der Waals surface area contributed by atoms with Crippen molar-refractivity contribution in [3.8, 4) is 5.75 Å². The van der Waals surface area contributed by atoms with Gasteiger partial charge in [-0.1, -0.05) is 6.07 Å². The number of amides is 1. The van der Waals surface area contributed by atoms with Crippen molar-refractivity contribution in [1.82, 2.24) is 9.88 Å². The summed E-state index contributed by atoms with van der Waals surface area (Å²) in [7, 11) is 0. The van der Waals surface area contributed by atoms with E-state index in [1.807, 2.05) is 29.2 Å². The maximum Gasteiger partial charge on any atom is 0.254 e. The number of aromatic nitrogens is 1. The van der Waals surface area contributed by atoms with E-state index in [2.05, 4.69) is 19.0 Å². The van der Waals surface area contributed by atoms with Crippen LogP contribution in [-0.4, -0.2) is 58.6 Å². The molecule has 2 fully saturated rings. The number of amidine groups is 1. The molecule has 2 saturated heterocycles. The zero-order valence-electron chi connectivity index (χ0n) is 18.4. The highest BCUT2D eigenvalue weighted by molar-refractivity contribution is 7.85. The molecule has 1 amide bonds. The van der Waals surface area contributed by atoms with Crippen LogP contribution in [0, 0.1) is 5.92 Å². The highest BCUT2D eigenvalue weighted by Crippen LogP contribution is 2.31. The number of likely N-dealkylation sites (tertiary alicyclic amines) is 1. The van der Waals surface area contributed by atoms with Gasteiger partial charge in [-0.05, 0) is 49.9 Å². The lowest BCUT2D eigenvalue weighted by Crippen LogP contribution is -2.38. The lowest BCUT2D eigenvalue weighted by atomic mass is 9.98. The van der Waals surface area contributed by atoms with E-state index in [1.165, 1.54) is 0 Å². The number of nitrogens with zero attached hydrogens (tertiary/aromatic N) is 4. The number of hydrogen-bond donors (Lipinski definition) is 2. The summed E-state index contributed by atoms with van der Waals surface area (Å²) in [6, 6.07) is 9.23. The van der Waals surface area contributed by atoms with Crippen LogP contribution in [0.5, 0.6) is 5.75 Å². The Labute approximate surface area is 195 Å². The van der Waals surface area contributed by atoms with E-state index >= 15 is 0 Å². The van der Waals surface area contributed by atoms with Crippen molar-refractivity contribution < 1.29 is 13.7 Å². The zero-order valence-corrected chi connectivity index (χ0v) is 19.2. The Hall–Kier alpha value is -3.14. The number of rotatable bonds is 5. The van der Waals surface area contributed by atoms with Gasteiger partial charge in [0.2, 0.25) is 11.2 Å². The second-order valence-corrected chi connectivity index (χ2v) is 9.56. The molecule has 1 aromatic heterocycles. The van der Waals surface area contributed by atoms with Gasteiger partial charge in [0, 0.05) is 43.9 Å². The van der Waals surface area contributed by atoms with Crippen LogP contribution in [0.1, 0.15) is 41.6 Å². The number of fused-ring (bicyclic) bond motifs is 1. The first kappa shape index (κ1) is 21.7.